The SMILES string of the molecule is COc1cc(OC)nc(Oc2ccccc2N(Cc2ccccc2)c2ccccn2)n1. The minimum atomic E-state index is 0.129. The molecule has 0 fully saturated rings. The first-order chi connectivity index (χ1) is 15.3. The number of pyridine rings is 1. The van der Waals surface area contributed by atoms with Gasteiger partial charge in [0.2, 0.25) is 11.8 Å². The van der Waals surface area contributed by atoms with Crippen LogP contribution in [0, 0.1) is 0 Å². The Labute approximate surface area is 180 Å². The molecule has 0 saturated carbocycles. The van der Waals surface area contributed by atoms with Crippen molar-refractivity contribution in [2.24, 2.45) is 0 Å². The monoisotopic (exact) mass is 414 g/mol. The third kappa shape index (κ3) is 4.90. The third-order valence-electron chi connectivity index (χ3n) is 4.54. The van der Waals surface area contributed by atoms with Crippen molar-refractivity contribution in [1.82, 2.24) is 15.0 Å². The first kappa shape index (κ1) is 20.2. The second-order valence-corrected chi connectivity index (χ2v) is 6.56. The molecule has 4 rings (SSSR count). The fourth-order valence-electron chi connectivity index (χ4n) is 3.07. The van der Waals surface area contributed by atoms with E-state index in [1.165, 1.54) is 14.2 Å². The summed E-state index contributed by atoms with van der Waals surface area (Å²) in [4.78, 5) is 15.2. The van der Waals surface area contributed by atoms with E-state index in [1.807, 2.05) is 60.7 Å². The summed E-state index contributed by atoms with van der Waals surface area (Å²) in [6.07, 6.45) is 1.77. The number of methoxy groups -OCH3 is 2. The van der Waals surface area contributed by atoms with Crippen LogP contribution in [0.4, 0.5) is 11.5 Å². The molecule has 0 amide bonds. The lowest BCUT2D eigenvalue weighted by atomic mass is 10.2. The molecule has 0 radical (unpaired) electrons. The van der Waals surface area contributed by atoms with Gasteiger partial charge < -0.3 is 19.1 Å². The van der Waals surface area contributed by atoms with Crippen LogP contribution in [0.1, 0.15) is 5.56 Å². The Morgan fingerprint density at radius 3 is 2.13 bits per heavy atom. The van der Waals surface area contributed by atoms with Gasteiger partial charge in [0.1, 0.15) is 5.82 Å². The van der Waals surface area contributed by atoms with Crippen LogP contribution in [0.2, 0.25) is 0 Å². The predicted octanol–water partition coefficient (Wildman–Crippen LogP) is 5.02. The Bertz CT molecular complexity index is 1100. The highest BCUT2D eigenvalue weighted by molar-refractivity contribution is 5.67. The summed E-state index contributed by atoms with van der Waals surface area (Å²) in [6.45, 7) is 0.612. The van der Waals surface area contributed by atoms with E-state index < -0.39 is 0 Å². The van der Waals surface area contributed by atoms with E-state index in [2.05, 4.69) is 32.0 Å². The second kappa shape index (κ2) is 9.58. The molecule has 0 aliphatic carbocycles. The van der Waals surface area contributed by atoms with Crippen LogP contribution in [0.3, 0.4) is 0 Å². The fraction of sp³-hybridized carbons (Fsp3) is 0.125. The van der Waals surface area contributed by atoms with Gasteiger partial charge >= 0.3 is 6.01 Å². The van der Waals surface area contributed by atoms with Gasteiger partial charge in [-0.3, -0.25) is 0 Å². The predicted molar refractivity (Wildman–Crippen MR) is 118 cm³/mol. The number of rotatable bonds is 8. The minimum absolute atomic E-state index is 0.129. The molecule has 7 heteroatoms. The van der Waals surface area contributed by atoms with Crippen molar-refractivity contribution in [2.75, 3.05) is 19.1 Å². The topological polar surface area (TPSA) is 69.6 Å². The summed E-state index contributed by atoms with van der Waals surface area (Å²) >= 11 is 0. The Kier molecular flexibility index (Phi) is 6.23. The van der Waals surface area contributed by atoms with Gasteiger partial charge in [0.15, 0.2) is 5.75 Å². The van der Waals surface area contributed by atoms with E-state index in [0.717, 1.165) is 17.1 Å². The lowest BCUT2D eigenvalue weighted by Gasteiger charge is -2.26. The van der Waals surface area contributed by atoms with Gasteiger partial charge in [0, 0.05) is 12.7 Å². The largest absolute Gasteiger partial charge is 0.481 e. The molecule has 0 bridgehead atoms. The second-order valence-electron chi connectivity index (χ2n) is 6.56. The Balaban J connectivity index is 1.74. The van der Waals surface area contributed by atoms with Crippen LogP contribution >= 0.6 is 0 Å². The molecule has 0 aliphatic heterocycles. The molecule has 0 spiro atoms. The molecular formula is C24H22N4O3. The van der Waals surface area contributed by atoms with Gasteiger partial charge in [0.25, 0.3) is 0 Å². The molecule has 0 N–H and O–H groups in total. The van der Waals surface area contributed by atoms with Crippen LogP contribution in [0.25, 0.3) is 0 Å². The molecule has 31 heavy (non-hydrogen) atoms. The molecule has 2 heterocycles. The zero-order chi connectivity index (χ0) is 21.5. The van der Waals surface area contributed by atoms with E-state index in [0.29, 0.717) is 24.1 Å². The average molecular weight is 414 g/mol. The van der Waals surface area contributed by atoms with Crippen molar-refractivity contribution in [3.63, 3.8) is 0 Å². The van der Waals surface area contributed by atoms with Gasteiger partial charge in [0.05, 0.1) is 26.0 Å². The highest BCUT2D eigenvalue weighted by Gasteiger charge is 2.18. The third-order valence-corrected chi connectivity index (χ3v) is 4.54. The van der Waals surface area contributed by atoms with Crippen LogP contribution in [0.5, 0.6) is 23.5 Å². The van der Waals surface area contributed by atoms with E-state index in [4.69, 9.17) is 14.2 Å². The van der Waals surface area contributed by atoms with Crippen molar-refractivity contribution >= 4 is 11.5 Å². The van der Waals surface area contributed by atoms with Gasteiger partial charge in [-0.2, -0.15) is 9.97 Å². The van der Waals surface area contributed by atoms with E-state index in [-0.39, 0.29) is 6.01 Å². The van der Waals surface area contributed by atoms with Gasteiger partial charge in [-0.05, 0) is 29.8 Å². The minimum Gasteiger partial charge on any atom is -0.481 e. The normalized spacial score (nSPS) is 10.4. The number of ether oxygens (including phenoxy) is 3. The Hall–Kier alpha value is -4.13. The zero-order valence-corrected chi connectivity index (χ0v) is 17.3. The van der Waals surface area contributed by atoms with Crippen molar-refractivity contribution in [3.05, 3.63) is 90.6 Å². The number of anilines is 2. The summed E-state index contributed by atoms with van der Waals surface area (Å²) in [5, 5.41) is 0. The molecule has 0 atom stereocenters. The van der Waals surface area contributed by atoms with Crippen LogP contribution in [0.15, 0.2) is 85.1 Å². The highest BCUT2D eigenvalue weighted by atomic mass is 16.5. The fourth-order valence-corrected chi connectivity index (χ4v) is 3.07. The van der Waals surface area contributed by atoms with Crippen molar-refractivity contribution < 1.29 is 14.2 Å². The number of benzene rings is 2. The Morgan fingerprint density at radius 1 is 0.774 bits per heavy atom. The van der Waals surface area contributed by atoms with E-state index >= 15 is 0 Å². The summed E-state index contributed by atoms with van der Waals surface area (Å²) in [7, 11) is 3.06. The highest BCUT2D eigenvalue weighted by Crippen LogP contribution is 2.36. The standard InChI is InChI=1S/C24H22N4O3/c1-29-22-16-23(30-2)27-24(26-22)31-20-13-7-6-12-19(20)28(21-14-8-9-15-25-21)17-18-10-4-3-5-11-18/h3-16H,17H2,1-2H3. The van der Waals surface area contributed by atoms with E-state index in [9.17, 15) is 0 Å². The first-order valence-corrected chi connectivity index (χ1v) is 9.73. The quantitative estimate of drug-likeness (QED) is 0.401. The molecule has 0 aliphatic rings. The molecule has 0 unspecified atom stereocenters. The van der Waals surface area contributed by atoms with Gasteiger partial charge in [-0.15, -0.1) is 0 Å². The van der Waals surface area contributed by atoms with Crippen LogP contribution in [-0.2, 0) is 6.54 Å². The molecular weight excluding hydrogens is 392 g/mol. The molecule has 7 nitrogen and oxygen atoms in total. The Morgan fingerprint density at radius 2 is 1.45 bits per heavy atom. The average Bonchev–Trinajstić information content (AvgIpc) is 2.84. The first-order valence-electron chi connectivity index (χ1n) is 9.73. The summed E-state index contributed by atoms with van der Waals surface area (Å²) in [6, 6.07) is 25.4. The molecule has 2 aromatic heterocycles. The number of aromatic nitrogens is 3. The molecule has 156 valence electrons. The van der Waals surface area contributed by atoms with Crippen molar-refractivity contribution in [1.29, 1.82) is 0 Å². The molecule has 2 aromatic carbocycles. The number of hydrogen-bond acceptors (Lipinski definition) is 7. The lowest BCUT2D eigenvalue weighted by molar-refractivity contribution is 0.348. The zero-order valence-electron chi connectivity index (χ0n) is 17.3. The lowest BCUT2D eigenvalue weighted by Crippen LogP contribution is -2.18. The smallest absolute Gasteiger partial charge is 0.328 e. The maximum absolute atomic E-state index is 6.08. The van der Waals surface area contributed by atoms with E-state index in [1.54, 1.807) is 12.3 Å². The maximum atomic E-state index is 6.08. The van der Waals surface area contributed by atoms with Crippen LogP contribution < -0.4 is 19.1 Å². The summed E-state index contributed by atoms with van der Waals surface area (Å²) < 4.78 is 16.5. The number of hydrogen-bond donors (Lipinski definition) is 0. The molecule has 4 aromatic rings. The maximum Gasteiger partial charge on any atom is 0.328 e. The number of nitrogens with zero attached hydrogens (tertiary/aromatic N) is 4. The van der Waals surface area contributed by atoms with Crippen molar-refractivity contribution in [3.8, 4) is 23.5 Å². The van der Waals surface area contributed by atoms with Crippen molar-refractivity contribution in [2.45, 2.75) is 6.54 Å². The van der Waals surface area contributed by atoms with Crippen LogP contribution in [-0.4, -0.2) is 29.2 Å². The molecule has 0 saturated heterocycles. The van der Waals surface area contributed by atoms with Gasteiger partial charge in [-0.1, -0.05) is 48.5 Å². The van der Waals surface area contributed by atoms with Gasteiger partial charge in [-0.25, -0.2) is 4.98 Å². The summed E-state index contributed by atoms with van der Waals surface area (Å²) in [5.41, 5.74) is 1.97. The summed E-state index contributed by atoms with van der Waals surface area (Å²) in [5.74, 6) is 2.08. The number of para-hydroxylation sites is 2.